The summed E-state index contributed by atoms with van der Waals surface area (Å²) < 4.78 is 1.62. The Morgan fingerprint density at radius 3 is 2.53 bits per heavy atom. The van der Waals surface area contributed by atoms with Crippen molar-refractivity contribution in [2.24, 2.45) is 24.6 Å². The second-order valence-corrected chi connectivity index (χ2v) is 5.06. The first-order valence-electron chi connectivity index (χ1n) is 6.14. The van der Waals surface area contributed by atoms with Gasteiger partial charge in [-0.2, -0.15) is 5.10 Å². The quantitative estimate of drug-likeness (QED) is 0.797. The molecule has 1 saturated heterocycles. The molecule has 7 heteroatoms. The van der Waals surface area contributed by atoms with Crippen LogP contribution in [0.2, 0.25) is 0 Å². The Bertz CT molecular complexity index is 531. The number of nitrogens with zero attached hydrogens (tertiary/aromatic N) is 3. The molecule has 0 radical (unpaired) electrons. The maximum Gasteiger partial charge on any atom is 0.306 e. The van der Waals surface area contributed by atoms with E-state index in [9.17, 15) is 9.59 Å². The van der Waals surface area contributed by atoms with Crippen molar-refractivity contribution in [3.63, 3.8) is 0 Å². The van der Waals surface area contributed by atoms with E-state index in [1.165, 1.54) is 0 Å². The van der Waals surface area contributed by atoms with Crippen LogP contribution < -0.4 is 10.6 Å². The summed E-state index contributed by atoms with van der Waals surface area (Å²) in [6.07, 6.45) is 0. The van der Waals surface area contributed by atoms with Crippen LogP contribution in [-0.2, 0) is 11.8 Å². The summed E-state index contributed by atoms with van der Waals surface area (Å²) in [5.74, 6) is -0.911. The lowest BCUT2D eigenvalue weighted by molar-refractivity contribution is -0.143. The lowest BCUT2D eigenvalue weighted by Gasteiger charge is -2.42. The zero-order chi connectivity index (χ0) is 14.3. The first-order chi connectivity index (χ1) is 8.82. The van der Waals surface area contributed by atoms with Gasteiger partial charge in [-0.05, 0) is 6.92 Å². The molecule has 0 aromatic carbocycles. The van der Waals surface area contributed by atoms with Gasteiger partial charge in [-0.15, -0.1) is 0 Å². The van der Waals surface area contributed by atoms with E-state index in [-0.39, 0.29) is 11.8 Å². The van der Waals surface area contributed by atoms with E-state index in [1.54, 1.807) is 25.6 Å². The predicted octanol–water partition coefficient (Wildman–Crippen LogP) is -0.0157. The number of amides is 1. The molecule has 1 amide bonds. The van der Waals surface area contributed by atoms with Gasteiger partial charge in [-0.3, -0.25) is 14.3 Å². The molecule has 1 aliphatic rings. The third kappa shape index (κ3) is 2.16. The highest BCUT2D eigenvalue weighted by molar-refractivity contribution is 5.99. The molecule has 1 aliphatic heterocycles. The fraction of sp³-hybridized carbons (Fsp3) is 0.583. The van der Waals surface area contributed by atoms with E-state index >= 15 is 0 Å². The van der Waals surface area contributed by atoms with Crippen molar-refractivity contribution in [2.45, 2.75) is 13.8 Å². The third-order valence-corrected chi connectivity index (χ3v) is 3.74. The highest BCUT2D eigenvalue weighted by atomic mass is 16.4. The van der Waals surface area contributed by atoms with E-state index in [0.717, 1.165) is 0 Å². The van der Waals surface area contributed by atoms with Gasteiger partial charge in [0.1, 0.15) is 11.4 Å². The smallest absolute Gasteiger partial charge is 0.306 e. The number of carbonyl (C=O) groups excluding carboxylic acids is 1. The van der Waals surface area contributed by atoms with Crippen molar-refractivity contribution in [1.29, 1.82) is 0 Å². The minimum absolute atomic E-state index is 0.0911. The van der Waals surface area contributed by atoms with Crippen LogP contribution in [0.15, 0.2) is 0 Å². The molecule has 19 heavy (non-hydrogen) atoms. The van der Waals surface area contributed by atoms with Gasteiger partial charge in [-0.25, -0.2) is 0 Å². The molecule has 0 bridgehead atoms. The van der Waals surface area contributed by atoms with E-state index in [4.69, 9.17) is 10.8 Å². The van der Waals surface area contributed by atoms with Crippen LogP contribution in [0.25, 0.3) is 0 Å². The van der Waals surface area contributed by atoms with Crippen molar-refractivity contribution in [1.82, 2.24) is 9.78 Å². The summed E-state index contributed by atoms with van der Waals surface area (Å²) in [4.78, 5) is 24.3. The number of carbonyl (C=O) groups is 2. The van der Waals surface area contributed by atoms with Crippen molar-refractivity contribution in [3.05, 3.63) is 11.3 Å². The van der Waals surface area contributed by atoms with Crippen molar-refractivity contribution in [2.75, 3.05) is 18.0 Å². The van der Waals surface area contributed by atoms with Crippen LogP contribution in [-0.4, -0.2) is 39.9 Å². The molecule has 0 spiro atoms. The monoisotopic (exact) mass is 266 g/mol. The molecule has 1 aromatic heterocycles. The molecule has 1 fully saturated rings. The number of nitrogens with two attached hydrogens (primary N) is 1. The molecule has 1 aromatic rings. The topological polar surface area (TPSA) is 101 Å². The number of hydrogen-bond donors (Lipinski definition) is 2. The average molecular weight is 266 g/mol. The first-order valence-corrected chi connectivity index (χ1v) is 6.14. The molecular formula is C12H18N4O3. The number of rotatable bonds is 4. The summed E-state index contributed by atoms with van der Waals surface area (Å²) in [6, 6.07) is 0. The number of carboxylic acids is 1. The van der Waals surface area contributed by atoms with E-state index in [0.29, 0.717) is 30.2 Å². The van der Waals surface area contributed by atoms with Gasteiger partial charge >= 0.3 is 5.97 Å². The summed E-state index contributed by atoms with van der Waals surface area (Å²) in [6.45, 7) is 4.65. The van der Waals surface area contributed by atoms with Gasteiger partial charge in [0.25, 0.3) is 5.91 Å². The molecule has 2 rings (SSSR count). The largest absolute Gasteiger partial charge is 0.481 e. The maximum absolute atomic E-state index is 11.5. The molecule has 0 aliphatic carbocycles. The Morgan fingerprint density at radius 1 is 1.47 bits per heavy atom. The van der Waals surface area contributed by atoms with Crippen LogP contribution in [0.1, 0.15) is 23.0 Å². The lowest BCUT2D eigenvalue weighted by Crippen LogP contribution is -2.52. The molecule has 3 N–H and O–H groups in total. The molecule has 2 heterocycles. The number of anilines is 1. The van der Waals surface area contributed by atoms with Crippen molar-refractivity contribution in [3.8, 4) is 0 Å². The highest BCUT2D eigenvalue weighted by Gasteiger charge is 2.38. The summed E-state index contributed by atoms with van der Waals surface area (Å²) in [5, 5.41) is 13.2. The number of carboxylic acid groups (broad SMARTS) is 1. The van der Waals surface area contributed by atoms with E-state index < -0.39 is 11.9 Å². The fourth-order valence-electron chi connectivity index (χ4n) is 2.50. The molecular weight excluding hydrogens is 248 g/mol. The van der Waals surface area contributed by atoms with Crippen molar-refractivity contribution >= 4 is 17.7 Å². The highest BCUT2D eigenvalue weighted by Crippen LogP contribution is 2.32. The molecule has 1 atom stereocenters. The van der Waals surface area contributed by atoms with Crippen LogP contribution in [0.4, 0.5) is 5.82 Å². The Kier molecular flexibility index (Phi) is 3.21. The lowest BCUT2D eigenvalue weighted by atomic mass is 9.87. The summed E-state index contributed by atoms with van der Waals surface area (Å²) in [5.41, 5.74) is 6.39. The summed E-state index contributed by atoms with van der Waals surface area (Å²) >= 11 is 0. The van der Waals surface area contributed by atoms with Gasteiger partial charge in [0.05, 0.1) is 11.6 Å². The van der Waals surface area contributed by atoms with Gasteiger partial charge in [0, 0.05) is 26.1 Å². The fourth-order valence-corrected chi connectivity index (χ4v) is 2.50. The Labute approximate surface area is 111 Å². The number of aliphatic carboxylic acids is 1. The minimum Gasteiger partial charge on any atom is -0.481 e. The predicted molar refractivity (Wildman–Crippen MR) is 69.0 cm³/mol. The Hall–Kier alpha value is -2.05. The van der Waals surface area contributed by atoms with Gasteiger partial charge in [0.2, 0.25) is 0 Å². The molecule has 7 nitrogen and oxygen atoms in total. The number of primary amides is 1. The van der Waals surface area contributed by atoms with Crippen LogP contribution in [0.3, 0.4) is 0 Å². The first kappa shape index (κ1) is 13.4. The zero-order valence-electron chi connectivity index (χ0n) is 11.3. The second-order valence-electron chi connectivity index (χ2n) is 5.06. The third-order valence-electron chi connectivity index (χ3n) is 3.74. The van der Waals surface area contributed by atoms with Gasteiger partial charge < -0.3 is 15.7 Å². The maximum atomic E-state index is 11.5. The van der Waals surface area contributed by atoms with Crippen LogP contribution in [0.5, 0.6) is 0 Å². The number of aromatic nitrogens is 2. The van der Waals surface area contributed by atoms with Gasteiger partial charge in [-0.1, -0.05) is 6.92 Å². The second kappa shape index (κ2) is 4.56. The normalized spacial score (nSPS) is 17.1. The SMILES string of the molecule is Cc1nn(C)c(N2CC(C(C)C(=O)O)C2)c1C(N)=O. The summed E-state index contributed by atoms with van der Waals surface area (Å²) in [7, 11) is 1.75. The van der Waals surface area contributed by atoms with Crippen LogP contribution in [0, 0.1) is 18.8 Å². The number of hydrogen-bond acceptors (Lipinski definition) is 4. The molecule has 104 valence electrons. The minimum atomic E-state index is -0.791. The standard InChI is InChI=1S/C12H18N4O3/c1-6(12(18)19)8-4-16(5-8)11-9(10(13)17)7(2)14-15(11)3/h6,8H,4-5H2,1-3H3,(H2,13,17)(H,18,19). The Morgan fingerprint density at radius 2 is 2.05 bits per heavy atom. The molecule has 1 unspecified atom stereocenters. The molecule has 0 saturated carbocycles. The average Bonchev–Trinajstić information content (AvgIpc) is 2.51. The van der Waals surface area contributed by atoms with Gasteiger partial charge in [0.15, 0.2) is 0 Å². The van der Waals surface area contributed by atoms with E-state index in [1.807, 2.05) is 4.90 Å². The Balaban J connectivity index is 2.18. The van der Waals surface area contributed by atoms with Crippen molar-refractivity contribution < 1.29 is 14.7 Å². The zero-order valence-corrected chi connectivity index (χ0v) is 11.3. The van der Waals surface area contributed by atoms with E-state index in [2.05, 4.69) is 5.10 Å². The number of aryl methyl sites for hydroxylation is 2. The van der Waals surface area contributed by atoms with Crippen LogP contribution >= 0.6 is 0 Å².